The summed E-state index contributed by atoms with van der Waals surface area (Å²) < 4.78 is 0. The summed E-state index contributed by atoms with van der Waals surface area (Å²) >= 11 is 1.63. The number of imidazole rings is 1. The van der Waals surface area contributed by atoms with Gasteiger partial charge >= 0.3 is 0 Å². The minimum absolute atomic E-state index is 0.434. The van der Waals surface area contributed by atoms with Crippen LogP contribution < -0.4 is 4.90 Å². The molecule has 6 heteroatoms. The third kappa shape index (κ3) is 2.38. The molecule has 0 aromatic carbocycles. The van der Waals surface area contributed by atoms with Gasteiger partial charge in [-0.25, -0.2) is 4.98 Å². The van der Waals surface area contributed by atoms with Gasteiger partial charge in [-0.2, -0.15) is 0 Å². The molecule has 0 fully saturated rings. The minimum atomic E-state index is 0.434. The predicted octanol–water partition coefficient (Wildman–Crippen LogP) is 2.02. The zero-order valence-electron chi connectivity index (χ0n) is 9.64. The Bertz CT molecular complexity index is 434. The van der Waals surface area contributed by atoms with E-state index in [1.54, 1.807) is 17.5 Å². The van der Waals surface area contributed by atoms with Crippen LogP contribution in [0.5, 0.6) is 0 Å². The largest absolute Gasteiger partial charge is 0.347 e. The van der Waals surface area contributed by atoms with E-state index in [2.05, 4.69) is 34.0 Å². The van der Waals surface area contributed by atoms with Crippen LogP contribution in [0, 0.1) is 0 Å². The summed E-state index contributed by atoms with van der Waals surface area (Å²) in [6, 6.07) is 0. The van der Waals surface area contributed by atoms with Gasteiger partial charge in [0, 0.05) is 25.4 Å². The summed E-state index contributed by atoms with van der Waals surface area (Å²) in [6.45, 7) is 4.97. The highest BCUT2D eigenvalue weighted by atomic mass is 32.1. The maximum Gasteiger partial charge on any atom is 0.208 e. The molecule has 1 N–H and O–H groups in total. The molecule has 0 bridgehead atoms. The van der Waals surface area contributed by atoms with Gasteiger partial charge in [0.2, 0.25) is 5.13 Å². The molecule has 2 aromatic rings. The van der Waals surface area contributed by atoms with E-state index in [1.165, 1.54) is 0 Å². The number of hydrogen-bond donors (Lipinski definition) is 1. The molecule has 5 nitrogen and oxygen atoms in total. The van der Waals surface area contributed by atoms with Gasteiger partial charge in [0.15, 0.2) is 0 Å². The summed E-state index contributed by atoms with van der Waals surface area (Å²) in [5.74, 6) is 1.37. The number of aromatic nitrogens is 4. The third-order valence-corrected chi connectivity index (χ3v) is 3.53. The van der Waals surface area contributed by atoms with Gasteiger partial charge in [0.25, 0.3) is 0 Å². The van der Waals surface area contributed by atoms with E-state index in [9.17, 15) is 0 Å². The molecular weight excluding hydrogens is 222 g/mol. The highest BCUT2D eigenvalue weighted by Crippen LogP contribution is 2.25. The fraction of sp³-hybridized carbons (Fsp3) is 0.500. The van der Waals surface area contributed by atoms with Gasteiger partial charge in [-0.1, -0.05) is 25.2 Å². The Balaban J connectivity index is 2.06. The number of rotatable bonds is 4. The van der Waals surface area contributed by atoms with E-state index in [0.29, 0.717) is 5.92 Å². The van der Waals surface area contributed by atoms with Crippen molar-refractivity contribution >= 4 is 16.5 Å². The van der Waals surface area contributed by atoms with Crippen molar-refractivity contribution in [2.45, 2.75) is 26.3 Å². The van der Waals surface area contributed by atoms with Crippen LogP contribution in [0.2, 0.25) is 0 Å². The van der Waals surface area contributed by atoms with Crippen LogP contribution in [0.1, 0.15) is 30.6 Å². The quantitative estimate of drug-likeness (QED) is 0.884. The Hall–Kier alpha value is -1.43. The SMILES string of the molecule is CC(C)c1nnc(N(C)Cc2ncc[nH]2)s1. The van der Waals surface area contributed by atoms with E-state index < -0.39 is 0 Å². The molecule has 0 amide bonds. The van der Waals surface area contributed by atoms with Crippen LogP contribution in [0.15, 0.2) is 12.4 Å². The van der Waals surface area contributed by atoms with E-state index >= 15 is 0 Å². The van der Waals surface area contributed by atoms with Gasteiger partial charge in [-0.3, -0.25) is 0 Å². The third-order valence-electron chi connectivity index (χ3n) is 2.19. The molecule has 2 aromatic heterocycles. The molecule has 86 valence electrons. The van der Waals surface area contributed by atoms with Crippen molar-refractivity contribution in [1.82, 2.24) is 20.2 Å². The Morgan fingerprint density at radius 3 is 2.81 bits per heavy atom. The number of anilines is 1. The summed E-state index contributed by atoms with van der Waals surface area (Å²) in [6.07, 6.45) is 3.58. The van der Waals surface area contributed by atoms with Crippen molar-refractivity contribution in [3.05, 3.63) is 23.2 Å². The van der Waals surface area contributed by atoms with Crippen LogP contribution in [-0.4, -0.2) is 27.2 Å². The molecule has 0 atom stereocenters. The molecule has 0 saturated heterocycles. The summed E-state index contributed by atoms with van der Waals surface area (Å²) in [5, 5.41) is 10.3. The van der Waals surface area contributed by atoms with Crippen LogP contribution in [-0.2, 0) is 6.54 Å². The number of hydrogen-bond acceptors (Lipinski definition) is 5. The number of nitrogens with one attached hydrogen (secondary N) is 1. The number of aromatic amines is 1. The van der Waals surface area contributed by atoms with Crippen LogP contribution in [0.4, 0.5) is 5.13 Å². The molecule has 0 aliphatic carbocycles. The maximum atomic E-state index is 4.18. The van der Waals surface area contributed by atoms with Crippen molar-refractivity contribution < 1.29 is 0 Å². The van der Waals surface area contributed by atoms with Gasteiger partial charge < -0.3 is 9.88 Å². The first-order valence-corrected chi connectivity index (χ1v) is 6.01. The lowest BCUT2D eigenvalue weighted by Crippen LogP contribution is -2.16. The average Bonchev–Trinajstić information content (AvgIpc) is 2.86. The first kappa shape index (κ1) is 11.1. The van der Waals surface area contributed by atoms with Crippen molar-refractivity contribution in [3.63, 3.8) is 0 Å². The molecule has 0 aliphatic heterocycles. The summed E-state index contributed by atoms with van der Waals surface area (Å²) in [5.41, 5.74) is 0. The Morgan fingerprint density at radius 1 is 1.44 bits per heavy atom. The second-order valence-corrected chi connectivity index (χ2v) is 4.96. The van der Waals surface area contributed by atoms with Crippen molar-refractivity contribution in [2.24, 2.45) is 0 Å². The average molecular weight is 237 g/mol. The lowest BCUT2D eigenvalue weighted by molar-refractivity contribution is 0.810. The maximum absolute atomic E-state index is 4.18. The molecule has 0 aliphatic rings. The summed E-state index contributed by atoms with van der Waals surface area (Å²) in [4.78, 5) is 9.30. The van der Waals surface area contributed by atoms with Crippen LogP contribution in [0.3, 0.4) is 0 Å². The first-order valence-electron chi connectivity index (χ1n) is 5.19. The van der Waals surface area contributed by atoms with E-state index in [-0.39, 0.29) is 0 Å². The predicted molar refractivity (Wildman–Crippen MR) is 64.7 cm³/mol. The fourth-order valence-electron chi connectivity index (χ4n) is 1.29. The second kappa shape index (κ2) is 4.61. The Labute approximate surface area is 98.5 Å². The van der Waals surface area contributed by atoms with Crippen molar-refractivity contribution in [3.8, 4) is 0 Å². The van der Waals surface area contributed by atoms with E-state index in [1.807, 2.05) is 18.1 Å². The van der Waals surface area contributed by atoms with Crippen LogP contribution in [0.25, 0.3) is 0 Å². The van der Waals surface area contributed by atoms with E-state index in [0.717, 1.165) is 22.5 Å². The van der Waals surface area contributed by atoms with Gasteiger partial charge in [0.1, 0.15) is 10.8 Å². The minimum Gasteiger partial charge on any atom is -0.347 e. The zero-order chi connectivity index (χ0) is 11.5. The molecular formula is C10H15N5S. The highest BCUT2D eigenvalue weighted by molar-refractivity contribution is 7.15. The van der Waals surface area contributed by atoms with Gasteiger partial charge in [-0.15, -0.1) is 10.2 Å². The normalized spacial score (nSPS) is 11.0. The second-order valence-electron chi connectivity index (χ2n) is 3.97. The Morgan fingerprint density at radius 2 is 2.25 bits per heavy atom. The molecule has 2 heterocycles. The highest BCUT2D eigenvalue weighted by Gasteiger charge is 2.11. The molecule has 16 heavy (non-hydrogen) atoms. The van der Waals surface area contributed by atoms with Gasteiger partial charge in [0.05, 0.1) is 6.54 Å². The van der Waals surface area contributed by atoms with Gasteiger partial charge in [-0.05, 0) is 0 Å². The van der Waals surface area contributed by atoms with Crippen molar-refractivity contribution in [2.75, 3.05) is 11.9 Å². The molecule has 2 rings (SSSR count). The topological polar surface area (TPSA) is 57.7 Å². The standard InChI is InChI=1S/C10H15N5S/c1-7(2)9-13-14-10(16-9)15(3)6-8-11-4-5-12-8/h4-5,7H,6H2,1-3H3,(H,11,12). The molecule has 0 saturated carbocycles. The molecule has 0 unspecified atom stereocenters. The molecule has 0 spiro atoms. The molecule has 0 radical (unpaired) electrons. The zero-order valence-corrected chi connectivity index (χ0v) is 10.5. The van der Waals surface area contributed by atoms with E-state index in [4.69, 9.17) is 0 Å². The first-order chi connectivity index (χ1) is 7.66. The van der Waals surface area contributed by atoms with Crippen molar-refractivity contribution in [1.29, 1.82) is 0 Å². The monoisotopic (exact) mass is 237 g/mol. The lowest BCUT2D eigenvalue weighted by atomic mass is 10.2. The summed E-state index contributed by atoms with van der Waals surface area (Å²) in [7, 11) is 1.99. The smallest absolute Gasteiger partial charge is 0.208 e. The fourth-order valence-corrected chi connectivity index (χ4v) is 2.10. The lowest BCUT2D eigenvalue weighted by Gasteiger charge is -2.12. The number of H-pyrrole nitrogens is 1. The Kier molecular flexibility index (Phi) is 3.19. The van der Waals surface area contributed by atoms with Crippen LogP contribution >= 0.6 is 11.3 Å². The number of nitrogens with zero attached hydrogens (tertiary/aromatic N) is 4.